The molecule has 1 N–H and O–H groups in total. The molecule has 0 fully saturated rings. The number of para-hydroxylation sites is 1. The number of anilines is 1. The van der Waals surface area contributed by atoms with E-state index in [1.807, 2.05) is 26.8 Å². The summed E-state index contributed by atoms with van der Waals surface area (Å²) in [6.45, 7) is 7.08. The molecule has 1 rings (SSSR count). The van der Waals surface area contributed by atoms with Gasteiger partial charge in [-0.3, -0.25) is 0 Å². The Morgan fingerprint density at radius 1 is 1.47 bits per heavy atom. The Balaban J connectivity index is 2.63. The van der Waals surface area contributed by atoms with E-state index < -0.39 is 0 Å². The van der Waals surface area contributed by atoms with Crippen LogP contribution < -0.4 is 5.32 Å². The summed E-state index contributed by atoms with van der Waals surface area (Å²) in [4.78, 5) is 0. The molecule has 0 aliphatic heterocycles. The van der Waals surface area contributed by atoms with Crippen molar-refractivity contribution in [2.24, 2.45) is 0 Å². The van der Waals surface area contributed by atoms with Crippen molar-refractivity contribution in [2.75, 3.05) is 18.5 Å². The molecule has 0 aliphatic rings. The second kappa shape index (κ2) is 5.71. The monoisotopic (exact) mass is 211 g/mol. The van der Waals surface area contributed by atoms with Crippen LogP contribution in [0.1, 0.15) is 19.4 Å². The van der Waals surface area contributed by atoms with E-state index in [1.165, 1.54) is 6.07 Å². The minimum atomic E-state index is -0.210. The lowest BCUT2D eigenvalue weighted by molar-refractivity contribution is 0.141. The van der Waals surface area contributed by atoms with Gasteiger partial charge in [0.25, 0.3) is 0 Å². The Morgan fingerprint density at radius 2 is 2.20 bits per heavy atom. The molecule has 0 radical (unpaired) electrons. The van der Waals surface area contributed by atoms with Crippen LogP contribution in [0.3, 0.4) is 0 Å². The van der Waals surface area contributed by atoms with Crippen molar-refractivity contribution in [2.45, 2.75) is 26.8 Å². The Hall–Kier alpha value is -1.09. The number of benzene rings is 1. The molecule has 0 heterocycles. The van der Waals surface area contributed by atoms with Gasteiger partial charge in [-0.15, -0.1) is 0 Å². The van der Waals surface area contributed by atoms with Crippen LogP contribution in [0.25, 0.3) is 0 Å². The molecule has 0 spiro atoms. The van der Waals surface area contributed by atoms with Crippen LogP contribution in [0.4, 0.5) is 10.1 Å². The summed E-state index contributed by atoms with van der Waals surface area (Å²) in [5.74, 6) is -0.210. The van der Waals surface area contributed by atoms with E-state index in [9.17, 15) is 4.39 Å². The molecule has 0 saturated heterocycles. The van der Waals surface area contributed by atoms with Gasteiger partial charge in [0.05, 0.1) is 12.3 Å². The molecule has 15 heavy (non-hydrogen) atoms. The van der Waals surface area contributed by atoms with Crippen LogP contribution in [-0.4, -0.2) is 19.3 Å². The van der Waals surface area contributed by atoms with E-state index in [2.05, 4.69) is 5.32 Å². The number of nitrogens with one attached hydrogen (secondary N) is 1. The van der Waals surface area contributed by atoms with Crippen molar-refractivity contribution < 1.29 is 9.13 Å². The number of hydrogen-bond acceptors (Lipinski definition) is 2. The molecule has 1 atom stereocenters. The van der Waals surface area contributed by atoms with Gasteiger partial charge in [0.2, 0.25) is 0 Å². The number of rotatable bonds is 5. The third-order valence-corrected chi connectivity index (χ3v) is 2.18. The van der Waals surface area contributed by atoms with Gasteiger partial charge in [-0.25, -0.2) is 4.39 Å². The van der Waals surface area contributed by atoms with Crippen molar-refractivity contribution in [3.05, 3.63) is 29.6 Å². The molecule has 0 saturated carbocycles. The lowest BCUT2D eigenvalue weighted by atomic mass is 10.2. The van der Waals surface area contributed by atoms with Gasteiger partial charge < -0.3 is 10.1 Å². The maximum absolute atomic E-state index is 13.4. The van der Waals surface area contributed by atoms with Crippen LogP contribution in [-0.2, 0) is 4.74 Å². The lowest BCUT2D eigenvalue weighted by Gasteiger charge is -2.17. The highest BCUT2D eigenvalue weighted by atomic mass is 19.1. The van der Waals surface area contributed by atoms with Crippen molar-refractivity contribution >= 4 is 5.69 Å². The average molecular weight is 211 g/mol. The van der Waals surface area contributed by atoms with Crippen molar-refractivity contribution in [3.63, 3.8) is 0 Å². The summed E-state index contributed by atoms with van der Waals surface area (Å²) in [5.41, 5.74) is 1.49. The zero-order chi connectivity index (χ0) is 11.3. The summed E-state index contributed by atoms with van der Waals surface area (Å²) in [6, 6.07) is 5.17. The fourth-order valence-electron chi connectivity index (χ4n) is 1.40. The SMILES string of the molecule is CCOCC(C)Nc1c(C)cccc1F. The number of halogens is 1. The van der Waals surface area contributed by atoms with Crippen LogP contribution >= 0.6 is 0 Å². The fourth-order valence-corrected chi connectivity index (χ4v) is 1.40. The van der Waals surface area contributed by atoms with Gasteiger partial charge in [-0.1, -0.05) is 12.1 Å². The summed E-state index contributed by atoms with van der Waals surface area (Å²) < 4.78 is 18.7. The normalized spacial score (nSPS) is 12.5. The standard InChI is InChI=1S/C12H18FNO/c1-4-15-8-10(3)14-12-9(2)6-5-7-11(12)13/h5-7,10,14H,4,8H2,1-3H3. The van der Waals surface area contributed by atoms with E-state index in [0.717, 1.165) is 5.56 Å². The van der Waals surface area contributed by atoms with Crippen molar-refractivity contribution in [1.82, 2.24) is 0 Å². The number of hydrogen-bond donors (Lipinski definition) is 1. The van der Waals surface area contributed by atoms with E-state index in [0.29, 0.717) is 18.9 Å². The second-order valence-corrected chi connectivity index (χ2v) is 3.64. The topological polar surface area (TPSA) is 21.3 Å². The molecule has 84 valence electrons. The largest absolute Gasteiger partial charge is 0.380 e. The maximum atomic E-state index is 13.4. The number of aryl methyl sites for hydroxylation is 1. The van der Waals surface area contributed by atoms with E-state index in [4.69, 9.17) is 4.74 Å². The van der Waals surface area contributed by atoms with Gasteiger partial charge in [0.15, 0.2) is 0 Å². The Kier molecular flexibility index (Phi) is 4.56. The third kappa shape index (κ3) is 3.51. The third-order valence-electron chi connectivity index (χ3n) is 2.18. The first-order chi connectivity index (χ1) is 7.15. The highest BCUT2D eigenvalue weighted by Gasteiger charge is 2.08. The van der Waals surface area contributed by atoms with Gasteiger partial charge in [-0.2, -0.15) is 0 Å². The Labute approximate surface area is 90.4 Å². The molecule has 0 aliphatic carbocycles. The number of ether oxygens (including phenoxy) is 1. The molecule has 0 bridgehead atoms. The second-order valence-electron chi connectivity index (χ2n) is 3.64. The predicted octanol–water partition coefficient (Wildman–Crippen LogP) is 2.97. The molecular formula is C12H18FNO. The zero-order valence-electron chi connectivity index (χ0n) is 9.51. The molecule has 2 nitrogen and oxygen atoms in total. The van der Waals surface area contributed by atoms with Gasteiger partial charge in [0.1, 0.15) is 5.82 Å². The van der Waals surface area contributed by atoms with Gasteiger partial charge >= 0.3 is 0 Å². The lowest BCUT2D eigenvalue weighted by Crippen LogP contribution is -2.22. The maximum Gasteiger partial charge on any atom is 0.146 e. The molecule has 1 aromatic rings. The smallest absolute Gasteiger partial charge is 0.146 e. The molecule has 3 heteroatoms. The zero-order valence-corrected chi connectivity index (χ0v) is 9.51. The minimum Gasteiger partial charge on any atom is -0.380 e. The van der Waals surface area contributed by atoms with Gasteiger partial charge in [0, 0.05) is 12.6 Å². The first-order valence-electron chi connectivity index (χ1n) is 5.24. The van der Waals surface area contributed by atoms with Gasteiger partial charge in [-0.05, 0) is 32.4 Å². The first-order valence-corrected chi connectivity index (χ1v) is 5.24. The highest BCUT2D eigenvalue weighted by Crippen LogP contribution is 2.19. The Morgan fingerprint density at radius 3 is 2.80 bits per heavy atom. The van der Waals surface area contributed by atoms with E-state index >= 15 is 0 Å². The minimum absolute atomic E-state index is 0.112. The molecule has 1 unspecified atom stereocenters. The molecule has 1 aromatic carbocycles. The molecule has 0 amide bonds. The summed E-state index contributed by atoms with van der Waals surface area (Å²) in [7, 11) is 0. The summed E-state index contributed by atoms with van der Waals surface area (Å²) >= 11 is 0. The average Bonchev–Trinajstić information content (AvgIpc) is 2.21. The summed E-state index contributed by atoms with van der Waals surface area (Å²) in [6.07, 6.45) is 0. The van der Waals surface area contributed by atoms with Crippen LogP contribution in [0.15, 0.2) is 18.2 Å². The predicted molar refractivity (Wildman–Crippen MR) is 60.7 cm³/mol. The van der Waals surface area contributed by atoms with E-state index in [1.54, 1.807) is 6.07 Å². The Bertz CT molecular complexity index is 294. The van der Waals surface area contributed by atoms with E-state index in [-0.39, 0.29) is 11.9 Å². The molecule has 0 aromatic heterocycles. The summed E-state index contributed by atoms with van der Waals surface area (Å²) in [5, 5.41) is 3.11. The van der Waals surface area contributed by atoms with Crippen LogP contribution in [0.5, 0.6) is 0 Å². The molecular weight excluding hydrogens is 193 g/mol. The van der Waals surface area contributed by atoms with Crippen LogP contribution in [0, 0.1) is 12.7 Å². The quantitative estimate of drug-likeness (QED) is 0.808. The first kappa shape index (κ1) is 12.0. The van der Waals surface area contributed by atoms with Crippen molar-refractivity contribution in [1.29, 1.82) is 0 Å². The highest BCUT2D eigenvalue weighted by molar-refractivity contribution is 5.52. The fraction of sp³-hybridized carbons (Fsp3) is 0.500. The van der Waals surface area contributed by atoms with Crippen LogP contribution in [0.2, 0.25) is 0 Å². The van der Waals surface area contributed by atoms with Crippen molar-refractivity contribution in [3.8, 4) is 0 Å².